The fourth-order valence-electron chi connectivity index (χ4n) is 1.05. The van der Waals surface area contributed by atoms with Gasteiger partial charge in [-0.1, -0.05) is 20.8 Å². The van der Waals surface area contributed by atoms with Gasteiger partial charge in [0.15, 0.2) is 0 Å². The first-order valence-corrected chi connectivity index (χ1v) is 5.60. The zero-order valence-electron chi connectivity index (χ0n) is 10.7. The average Bonchev–Trinajstić information content (AvgIpc) is 2.00. The van der Waals surface area contributed by atoms with Crippen LogP contribution in [-0.2, 0) is 4.74 Å². The van der Waals surface area contributed by atoms with Crippen LogP contribution in [0.4, 0.5) is 0 Å². The van der Waals surface area contributed by atoms with Crippen molar-refractivity contribution in [2.45, 2.75) is 53.5 Å². The van der Waals surface area contributed by atoms with Gasteiger partial charge in [0.25, 0.3) is 0 Å². The van der Waals surface area contributed by atoms with Crippen LogP contribution in [0, 0.1) is 5.41 Å². The van der Waals surface area contributed by atoms with Crippen LogP contribution >= 0.6 is 0 Å². The minimum atomic E-state index is 0.196. The van der Waals surface area contributed by atoms with Gasteiger partial charge in [0.1, 0.15) is 0 Å². The minimum absolute atomic E-state index is 0.196. The van der Waals surface area contributed by atoms with E-state index in [9.17, 15) is 0 Å². The van der Waals surface area contributed by atoms with Crippen LogP contribution in [0.15, 0.2) is 0 Å². The van der Waals surface area contributed by atoms with Crippen LogP contribution in [0.5, 0.6) is 0 Å². The second kappa shape index (κ2) is 5.72. The quantitative estimate of drug-likeness (QED) is 0.667. The predicted molar refractivity (Wildman–Crippen MR) is 62.6 cm³/mol. The summed E-state index contributed by atoms with van der Waals surface area (Å²) in [7, 11) is 0. The Morgan fingerprint density at radius 3 is 2.07 bits per heavy atom. The number of hydrogen-bond donors (Lipinski definition) is 1. The zero-order valence-corrected chi connectivity index (χ0v) is 10.7. The lowest BCUT2D eigenvalue weighted by Crippen LogP contribution is -2.43. The number of hydrogen-bond acceptors (Lipinski definition) is 2. The monoisotopic (exact) mass is 201 g/mol. The van der Waals surface area contributed by atoms with E-state index in [2.05, 4.69) is 46.9 Å². The van der Waals surface area contributed by atoms with Gasteiger partial charge >= 0.3 is 0 Å². The highest BCUT2D eigenvalue weighted by Gasteiger charge is 2.20. The van der Waals surface area contributed by atoms with E-state index in [-0.39, 0.29) is 11.0 Å². The maximum Gasteiger partial charge on any atom is 0.0529 e. The van der Waals surface area contributed by atoms with Gasteiger partial charge in [-0.15, -0.1) is 0 Å². The van der Waals surface area contributed by atoms with Crippen LogP contribution in [-0.4, -0.2) is 25.3 Å². The second-order valence-corrected chi connectivity index (χ2v) is 5.82. The summed E-state index contributed by atoms with van der Waals surface area (Å²) in [6, 6.07) is 0. The molecule has 0 rings (SSSR count). The van der Waals surface area contributed by atoms with Gasteiger partial charge in [-0.2, -0.15) is 0 Å². The summed E-state index contributed by atoms with van der Waals surface area (Å²) in [6.45, 7) is 15.9. The van der Waals surface area contributed by atoms with Crippen molar-refractivity contribution < 1.29 is 4.74 Å². The molecule has 0 spiro atoms. The Bertz CT molecular complexity index is 147. The molecule has 0 radical (unpaired) electrons. The summed E-state index contributed by atoms with van der Waals surface area (Å²) in [5.74, 6) is 0. The van der Waals surface area contributed by atoms with Crippen molar-refractivity contribution in [3.8, 4) is 0 Å². The Kier molecular flexibility index (Phi) is 5.68. The molecule has 0 heterocycles. The molecular weight excluding hydrogens is 174 g/mol. The summed E-state index contributed by atoms with van der Waals surface area (Å²) >= 11 is 0. The summed E-state index contributed by atoms with van der Waals surface area (Å²) in [6.07, 6.45) is 1.10. The van der Waals surface area contributed by atoms with Gasteiger partial charge in [0.05, 0.1) is 6.61 Å². The van der Waals surface area contributed by atoms with Crippen LogP contribution in [0.1, 0.15) is 48.0 Å². The van der Waals surface area contributed by atoms with Gasteiger partial charge in [-0.05, 0) is 27.2 Å². The largest absolute Gasteiger partial charge is 0.381 e. The molecular formula is C12H27NO. The minimum Gasteiger partial charge on any atom is -0.381 e. The molecule has 0 aliphatic rings. The first-order chi connectivity index (χ1) is 6.27. The second-order valence-electron chi connectivity index (χ2n) is 5.82. The molecule has 0 unspecified atom stereocenters. The lowest BCUT2D eigenvalue weighted by molar-refractivity contribution is 0.0593. The maximum absolute atomic E-state index is 5.57. The number of ether oxygens (including phenoxy) is 1. The van der Waals surface area contributed by atoms with E-state index < -0.39 is 0 Å². The van der Waals surface area contributed by atoms with Gasteiger partial charge < -0.3 is 10.1 Å². The molecule has 2 nitrogen and oxygen atoms in total. The van der Waals surface area contributed by atoms with Crippen molar-refractivity contribution in [3.63, 3.8) is 0 Å². The maximum atomic E-state index is 5.57. The van der Waals surface area contributed by atoms with Crippen molar-refractivity contribution >= 4 is 0 Å². The van der Waals surface area contributed by atoms with Gasteiger partial charge in [0, 0.05) is 24.1 Å². The molecule has 1 N–H and O–H groups in total. The molecule has 14 heavy (non-hydrogen) atoms. The fraction of sp³-hybridized carbons (Fsp3) is 1.00. The molecule has 0 saturated heterocycles. The van der Waals surface area contributed by atoms with Crippen LogP contribution in [0.2, 0.25) is 0 Å². The van der Waals surface area contributed by atoms with E-state index in [1.54, 1.807) is 0 Å². The van der Waals surface area contributed by atoms with Crippen molar-refractivity contribution in [1.82, 2.24) is 5.32 Å². The number of rotatable bonds is 6. The van der Waals surface area contributed by atoms with E-state index in [0.29, 0.717) is 0 Å². The Labute approximate surface area is 89.4 Å². The molecule has 0 atom stereocenters. The van der Waals surface area contributed by atoms with E-state index in [1.807, 2.05) is 0 Å². The van der Waals surface area contributed by atoms with Crippen molar-refractivity contribution in [2.24, 2.45) is 5.41 Å². The molecule has 0 aromatic rings. The smallest absolute Gasteiger partial charge is 0.0529 e. The Hall–Kier alpha value is -0.0800. The molecule has 0 bridgehead atoms. The predicted octanol–water partition coefficient (Wildman–Crippen LogP) is 2.83. The molecule has 0 fully saturated rings. The van der Waals surface area contributed by atoms with E-state index in [1.165, 1.54) is 0 Å². The third-order valence-corrected chi connectivity index (χ3v) is 1.94. The standard InChI is InChI=1S/C12H27NO/c1-7-8-14-10-12(5,6)9-13-11(2,3)4/h13H,7-10H2,1-6H3. The fourth-order valence-corrected chi connectivity index (χ4v) is 1.05. The topological polar surface area (TPSA) is 21.3 Å². The molecule has 86 valence electrons. The van der Waals surface area contributed by atoms with Crippen LogP contribution < -0.4 is 5.32 Å². The molecule has 0 aromatic heterocycles. The normalized spacial score (nSPS) is 13.3. The van der Waals surface area contributed by atoms with E-state index in [4.69, 9.17) is 4.74 Å². The van der Waals surface area contributed by atoms with Crippen molar-refractivity contribution in [3.05, 3.63) is 0 Å². The summed E-state index contributed by atoms with van der Waals surface area (Å²) in [5.41, 5.74) is 0.421. The molecule has 0 aromatic carbocycles. The molecule has 0 aliphatic heterocycles. The highest BCUT2D eigenvalue weighted by Crippen LogP contribution is 2.15. The zero-order chi connectivity index (χ0) is 11.2. The molecule has 0 aliphatic carbocycles. The van der Waals surface area contributed by atoms with Gasteiger partial charge in [-0.25, -0.2) is 0 Å². The van der Waals surface area contributed by atoms with Gasteiger partial charge in [-0.3, -0.25) is 0 Å². The SMILES string of the molecule is CCCOCC(C)(C)CNC(C)(C)C. The van der Waals surface area contributed by atoms with Crippen molar-refractivity contribution in [1.29, 1.82) is 0 Å². The Morgan fingerprint density at radius 1 is 1.07 bits per heavy atom. The first-order valence-electron chi connectivity index (χ1n) is 5.60. The Morgan fingerprint density at radius 2 is 1.64 bits per heavy atom. The Balaban J connectivity index is 3.72. The van der Waals surface area contributed by atoms with Crippen LogP contribution in [0.25, 0.3) is 0 Å². The lowest BCUT2D eigenvalue weighted by Gasteiger charge is -2.30. The third kappa shape index (κ3) is 8.52. The lowest BCUT2D eigenvalue weighted by atomic mass is 9.93. The molecule has 2 heteroatoms. The average molecular weight is 201 g/mol. The van der Waals surface area contributed by atoms with Gasteiger partial charge in [0.2, 0.25) is 0 Å². The molecule has 0 amide bonds. The van der Waals surface area contributed by atoms with E-state index >= 15 is 0 Å². The summed E-state index contributed by atoms with van der Waals surface area (Å²) in [4.78, 5) is 0. The summed E-state index contributed by atoms with van der Waals surface area (Å²) < 4.78 is 5.57. The highest BCUT2D eigenvalue weighted by atomic mass is 16.5. The number of nitrogens with one attached hydrogen (secondary N) is 1. The first kappa shape index (κ1) is 13.9. The van der Waals surface area contributed by atoms with E-state index in [0.717, 1.165) is 26.2 Å². The van der Waals surface area contributed by atoms with Crippen molar-refractivity contribution in [2.75, 3.05) is 19.8 Å². The summed E-state index contributed by atoms with van der Waals surface area (Å²) in [5, 5.41) is 3.51. The molecule has 0 saturated carbocycles. The third-order valence-electron chi connectivity index (χ3n) is 1.94. The van der Waals surface area contributed by atoms with Crippen LogP contribution in [0.3, 0.4) is 0 Å². The highest BCUT2D eigenvalue weighted by molar-refractivity contribution is 4.77.